The van der Waals surface area contributed by atoms with Crippen LogP contribution in [-0.4, -0.2) is 28.2 Å². The Hall–Kier alpha value is -3.29. The van der Waals surface area contributed by atoms with E-state index in [9.17, 15) is 22.8 Å². The number of ketones is 1. The predicted molar refractivity (Wildman–Crippen MR) is 128 cm³/mol. The van der Waals surface area contributed by atoms with Gasteiger partial charge in [-0.05, 0) is 60.9 Å². The molecule has 1 fully saturated rings. The zero-order valence-electron chi connectivity index (χ0n) is 19.8. The molecule has 1 aromatic carbocycles. The summed E-state index contributed by atoms with van der Waals surface area (Å²) in [5, 5.41) is 3.27. The average Bonchev–Trinajstić information content (AvgIpc) is 3.66. The number of Topliss-reactive ketones (excluding diaryl/α,β-unsaturated/α-hetero) is 1. The van der Waals surface area contributed by atoms with Crippen LogP contribution in [0, 0.1) is 5.92 Å². The number of hydrogen-bond acceptors (Lipinski definition) is 4. The third-order valence-corrected chi connectivity index (χ3v) is 6.37. The van der Waals surface area contributed by atoms with Gasteiger partial charge >= 0.3 is 6.18 Å². The van der Waals surface area contributed by atoms with Crippen molar-refractivity contribution in [3.05, 3.63) is 59.0 Å². The zero-order chi connectivity index (χ0) is 25.2. The predicted octanol–water partition coefficient (Wildman–Crippen LogP) is 6.39. The first-order valence-electron chi connectivity index (χ1n) is 12.0. The van der Waals surface area contributed by atoms with E-state index in [0.717, 1.165) is 31.7 Å². The first kappa shape index (κ1) is 24.8. The Kier molecular flexibility index (Phi) is 7.19. The van der Waals surface area contributed by atoms with E-state index in [0.29, 0.717) is 41.8 Å². The lowest BCUT2D eigenvalue weighted by Gasteiger charge is -2.17. The van der Waals surface area contributed by atoms with Gasteiger partial charge in [-0.3, -0.25) is 19.6 Å². The Labute approximate surface area is 202 Å². The van der Waals surface area contributed by atoms with Gasteiger partial charge in [-0.1, -0.05) is 26.3 Å². The highest BCUT2D eigenvalue weighted by Crippen LogP contribution is 2.40. The number of carbonyl (C=O) groups excluding carboxylic acids is 2. The van der Waals surface area contributed by atoms with Gasteiger partial charge in [0.2, 0.25) is 0 Å². The zero-order valence-corrected chi connectivity index (χ0v) is 19.8. The van der Waals surface area contributed by atoms with Gasteiger partial charge < -0.3 is 5.32 Å². The van der Waals surface area contributed by atoms with Crippen LogP contribution in [0.15, 0.2) is 36.7 Å². The summed E-state index contributed by atoms with van der Waals surface area (Å²) >= 11 is 0. The number of alkyl halides is 3. The third-order valence-electron chi connectivity index (χ3n) is 6.37. The molecular formula is C27H28F3N3O2. The lowest BCUT2D eigenvalue weighted by molar-refractivity contribution is -0.137. The number of rotatable bonds is 9. The van der Waals surface area contributed by atoms with Crippen LogP contribution in [0.3, 0.4) is 0 Å². The molecule has 0 saturated heterocycles. The second-order valence-electron chi connectivity index (χ2n) is 9.03. The minimum absolute atomic E-state index is 0.0136. The Balaban J connectivity index is 1.77. The Bertz CT molecular complexity index is 1250. The lowest BCUT2D eigenvalue weighted by atomic mass is 9.92. The molecule has 184 valence electrons. The molecule has 35 heavy (non-hydrogen) atoms. The Morgan fingerprint density at radius 1 is 1.09 bits per heavy atom. The fourth-order valence-corrected chi connectivity index (χ4v) is 4.24. The topological polar surface area (TPSA) is 72.0 Å². The third kappa shape index (κ3) is 5.52. The van der Waals surface area contributed by atoms with Gasteiger partial charge in [0.05, 0.1) is 11.1 Å². The normalized spacial score (nSPS) is 13.7. The van der Waals surface area contributed by atoms with Gasteiger partial charge in [0.1, 0.15) is 5.69 Å². The largest absolute Gasteiger partial charge is 0.417 e. The van der Waals surface area contributed by atoms with Crippen molar-refractivity contribution in [3.8, 4) is 11.1 Å². The molecule has 2 aromatic heterocycles. The molecule has 3 aromatic rings. The molecule has 1 aliphatic carbocycles. The van der Waals surface area contributed by atoms with E-state index >= 15 is 0 Å². The molecule has 1 N–H and O–H groups in total. The number of halogens is 3. The van der Waals surface area contributed by atoms with Crippen LogP contribution >= 0.6 is 0 Å². The molecule has 1 amide bonds. The smallest absolute Gasteiger partial charge is 0.351 e. The number of unbranched alkanes of at least 4 members (excludes halogenated alkanes) is 1. The molecule has 0 spiro atoms. The highest BCUT2D eigenvalue weighted by Gasteiger charge is 2.35. The first-order chi connectivity index (χ1) is 16.7. The number of aryl methyl sites for hydroxylation is 1. The fourth-order valence-electron chi connectivity index (χ4n) is 4.24. The fraction of sp³-hybridized carbons (Fsp3) is 0.407. The van der Waals surface area contributed by atoms with Gasteiger partial charge in [0.25, 0.3) is 5.91 Å². The van der Waals surface area contributed by atoms with Crippen molar-refractivity contribution in [2.75, 3.05) is 6.54 Å². The summed E-state index contributed by atoms with van der Waals surface area (Å²) in [6.07, 6.45) is 2.84. The molecule has 0 unspecified atom stereocenters. The summed E-state index contributed by atoms with van der Waals surface area (Å²) in [5.74, 6) is 0.0194. The monoisotopic (exact) mass is 483 g/mol. The van der Waals surface area contributed by atoms with Crippen molar-refractivity contribution in [2.45, 2.75) is 58.5 Å². The van der Waals surface area contributed by atoms with Crippen LogP contribution in [0.4, 0.5) is 13.2 Å². The van der Waals surface area contributed by atoms with Crippen molar-refractivity contribution in [1.82, 2.24) is 15.3 Å². The average molecular weight is 484 g/mol. The van der Waals surface area contributed by atoms with Crippen molar-refractivity contribution in [2.24, 2.45) is 5.92 Å². The molecule has 0 aliphatic heterocycles. The van der Waals surface area contributed by atoms with Crippen molar-refractivity contribution in [1.29, 1.82) is 0 Å². The maximum absolute atomic E-state index is 14.0. The van der Waals surface area contributed by atoms with Gasteiger partial charge in [-0.15, -0.1) is 0 Å². The van der Waals surface area contributed by atoms with Gasteiger partial charge in [-0.2, -0.15) is 13.2 Å². The van der Waals surface area contributed by atoms with E-state index in [1.807, 2.05) is 13.8 Å². The Morgan fingerprint density at radius 3 is 2.46 bits per heavy atom. The SMILES string of the molecule is CCCCNC(=O)c1ccc(-c2cc3c(CC)c(C(=O)CC4CC4)cnc3cc2C(F)(F)F)cn1. The van der Waals surface area contributed by atoms with Crippen LogP contribution in [0.25, 0.3) is 22.0 Å². The number of fused-ring (bicyclic) bond motifs is 1. The Morgan fingerprint density at radius 2 is 1.86 bits per heavy atom. The minimum Gasteiger partial charge on any atom is -0.351 e. The molecule has 0 radical (unpaired) electrons. The minimum atomic E-state index is -4.62. The summed E-state index contributed by atoms with van der Waals surface area (Å²) in [7, 11) is 0. The van der Waals surface area contributed by atoms with Crippen molar-refractivity contribution in [3.63, 3.8) is 0 Å². The number of amides is 1. The highest BCUT2D eigenvalue weighted by atomic mass is 19.4. The standard InChI is InChI=1S/C27H28F3N3O2/c1-3-5-10-31-26(35)23-9-8-17(14-32-23)19-12-20-18(4-2)21(25(34)11-16-6-7-16)15-33-24(20)13-22(19)27(28,29)30/h8-9,12-16H,3-7,10-11H2,1-2H3,(H,31,35). The molecule has 4 rings (SSSR count). The maximum atomic E-state index is 14.0. The van der Waals surface area contributed by atoms with E-state index in [1.54, 1.807) is 0 Å². The molecule has 0 bridgehead atoms. The van der Waals surface area contributed by atoms with Crippen LogP contribution in [0.2, 0.25) is 0 Å². The molecule has 8 heteroatoms. The molecule has 2 heterocycles. The molecular weight excluding hydrogens is 455 g/mol. The number of benzene rings is 1. The van der Waals surface area contributed by atoms with Gasteiger partial charge in [0.15, 0.2) is 5.78 Å². The summed E-state index contributed by atoms with van der Waals surface area (Å²) in [4.78, 5) is 33.4. The van der Waals surface area contributed by atoms with Crippen molar-refractivity contribution < 1.29 is 22.8 Å². The summed E-state index contributed by atoms with van der Waals surface area (Å²) in [6.45, 7) is 4.40. The number of aromatic nitrogens is 2. The number of pyridine rings is 2. The second-order valence-corrected chi connectivity index (χ2v) is 9.03. The lowest BCUT2D eigenvalue weighted by Crippen LogP contribution is -2.25. The van der Waals surface area contributed by atoms with E-state index in [4.69, 9.17) is 0 Å². The van der Waals surface area contributed by atoms with E-state index in [1.165, 1.54) is 30.6 Å². The molecule has 0 atom stereocenters. The maximum Gasteiger partial charge on any atom is 0.417 e. The van der Waals surface area contributed by atoms with Gasteiger partial charge in [-0.25, -0.2) is 0 Å². The van der Waals surface area contributed by atoms with Crippen LogP contribution < -0.4 is 5.32 Å². The number of carbonyl (C=O) groups is 2. The number of nitrogens with one attached hydrogen (secondary N) is 1. The first-order valence-corrected chi connectivity index (χ1v) is 12.0. The van der Waals surface area contributed by atoms with Gasteiger partial charge in [0, 0.05) is 41.9 Å². The summed E-state index contributed by atoms with van der Waals surface area (Å²) in [6, 6.07) is 5.38. The quantitative estimate of drug-likeness (QED) is 0.283. The second kappa shape index (κ2) is 10.1. The molecule has 1 aliphatic rings. The van der Waals surface area contributed by atoms with E-state index in [-0.39, 0.29) is 34.0 Å². The van der Waals surface area contributed by atoms with E-state index in [2.05, 4.69) is 15.3 Å². The van der Waals surface area contributed by atoms with Crippen LogP contribution in [0.1, 0.15) is 77.9 Å². The van der Waals surface area contributed by atoms with Crippen LogP contribution in [0.5, 0.6) is 0 Å². The molecule has 1 saturated carbocycles. The van der Waals surface area contributed by atoms with Crippen molar-refractivity contribution >= 4 is 22.6 Å². The van der Waals surface area contributed by atoms with Crippen LogP contribution in [-0.2, 0) is 12.6 Å². The summed E-state index contributed by atoms with van der Waals surface area (Å²) < 4.78 is 42.0. The summed E-state index contributed by atoms with van der Waals surface area (Å²) in [5.41, 5.74) is 0.868. The van der Waals surface area contributed by atoms with E-state index < -0.39 is 11.7 Å². The molecule has 5 nitrogen and oxygen atoms in total. The number of nitrogens with zero attached hydrogens (tertiary/aromatic N) is 2. The highest BCUT2D eigenvalue weighted by molar-refractivity contribution is 6.02. The number of hydrogen-bond donors (Lipinski definition) is 1.